The molecule has 1 heterocycles. The van der Waals surface area contributed by atoms with Crippen molar-refractivity contribution in [3.8, 4) is 16.9 Å². The number of halogens is 1. The Bertz CT molecular complexity index is 903. The molecule has 5 heteroatoms. The summed E-state index contributed by atoms with van der Waals surface area (Å²) < 4.78 is 5.99. The standard InChI is InChI=1S/C18H19ClN2O2/c1-18(2,3)10-23-15-6-4-5-12(19)16(15)11-7-8-13-14(9-11)21-17(22)20-13/h4-9H,10H2,1-3H3,(H2,20,21,22). The number of nitrogens with one attached hydrogen (secondary N) is 2. The maximum Gasteiger partial charge on any atom is 0.323 e. The van der Waals surface area contributed by atoms with Crippen LogP contribution < -0.4 is 10.4 Å². The molecule has 0 unspecified atom stereocenters. The second-order valence-electron chi connectivity index (χ2n) is 6.80. The van der Waals surface area contributed by atoms with E-state index in [1.54, 1.807) is 0 Å². The second kappa shape index (κ2) is 5.78. The summed E-state index contributed by atoms with van der Waals surface area (Å²) in [6.45, 7) is 6.94. The molecular formula is C18H19ClN2O2. The highest BCUT2D eigenvalue weighted by Gasteiger charge is 2.16. The van der Waals surface area contributed by atoms with Crippen molar-refractivity contribution in [2.75, 3.05) is 6.61 Å². The van der Waals surface area contributed by atoms with Gasteiger partial charge in [0.05, 0.1) is 22.7 Å². The molecule has 3 rings (SSSR count). The van der Waals surface area contributed by atoms with Gasteiger partial charge >= 0.3 is 5.69 Å². The first kappa shape index (κ1) is 15.7. The minimum Gasteiger partial charge on any atom is -0.492 e. The molecule has 0 bridgehead atoms. The molecule has 0 aliphatic carbocycles. The summed E-state index contributed by atoms with van der Waals surface area (Å²) >= 11 is 6.41. The molecule has 3 aromatic rings. The van der Waals surface area contributed by atoms with Crippen LogP contribution in [0, 0.1) is 5.41 Å². The van der Waals surface area contributed by atoms with Gasteiger partial charge in [-0.25, -0.2) is 4.79 Å². The molecule has 0 fully saturated rings. The van der Waals surface area contributed by atoms with Crippen LogP contribution in [0.15, 0.2) is 41.2 Å². The summed E-state index contributed by atoms with van der Waals surface area (Å²) in [7, 11) is 0. The smallest absolute Gasteiger partial charge is 0.323 e. The van der Waals surface area contributed by atoms with E-state index in [0.717, 1.165) is 27.9 Å². The summed E-state index contributed by atoms with van der Waals surface area (Å²) in [6.07, 6.45) is 0. The average Bonchev–Trinajstić information content (AvgIpc) is 2.83. The van der Waals surface area contributed by atoms with E-state index in [0.29, 0.717) is 11.6 Å². The lowest BCUT2D eigenvalue weighted by atomic mass is 9.98. The number of imidazole rings is 1. The van der Waals surface area contributed by atoms with Gasteiger partial charge < -0.3 is 14.7 Å². The Morgan fingerprint density at radius 2 is 1.83 bits per heavy atom. The molecule has 0 atom stereocenters. The van der Waals surface area contributed by atoms with Crippen molar-refractivity contribution in [1.29, 1.82) is 0 Å². The molecule has 0 radical (unpaired) electrons. The minimum atomic E-state index is -0.222. The topological polar surface area (TPSA) is 57.9 Å². The number of benzene rings is 2. The van der Waals surface area contributed by atoms with Crippen LogP contribution in [0.4, 0.5) is 0 Å². The van der Waals surface area contributed by atoms with E-state index in [-0.39, 0.29) is 11.1 Å². The second-order valence-corrected chi connectivity index (χ2v) is 7.21. The number of fused-ring (bicyclic) bond motifs is 1. The first-order valence-corrected chi connectivity index (χ1v) is 7.85. The summed E-state index contributed by atoms with van der Waals surface area (Å²) in [5, 5.41) is 0.619. The average molecular weight is 331 g/mol. The molecule has 0 saturated heterocycles. The molecule has 0 amide bonds. The predicted molar refractivity (Wildman–Crippen MR) is 94.3 cm³/mol. The van der Waals surface area contributed by atoms with E-state index in [9.17, 15) is 4.79 Å². The Kier molecular flexibility index (Phi) is 3.94. The summed E-state index contributed by atoms with van der Waals surface area (Å²) in [6, 6.07) is 11.3. The van der Waals surface area contributed by atoms with Gasteiger partial charge in [-0.15, -0.1) is 0 Å². The van der Waals surface area contributed by atoms with E-state index >= 15 is 0 Å². The van der Waals surface area contributed by atoms with Crippen molar-refractivity contribution in [1.82, 2.24) is 9.97 Å². The normalized spacial score (nSPS) is 11.8. The van der Waals surface area contributed by atoms with E-state index in [2.05, 4.69) is 30.7 Å². The number of aromatic nitrogens is 2. The minimum absolute atomic E-state index is 0.0510. The van der Waals surface area contributed by atoms with Gasteiger partial charge in [0.2, 0.25) is 0 Å². The third-order valence-corrected chi connectivity index (χ3v) is 3.76. The highest BCUT2D eigenvalue weighted by molar-refractivity contribution is 6.33. The third kappa shape index (κ3) is 3.42. The van der Waals surface area contributed by atoms with Crippen LogP contribution in [0.25, 0.3) is 22.2 Å². The van der Waals surface area contributed by atoms with Crippen LogP contribution in [0.3, 0.4) is 0 Å². The molecule has 1 aromatic heterocycles. The van der Waals surface area contributed by atoms with E-state index in [1.165, 1.54) is 0 Å². The molecule has 4 nitrogen and oxygen atoms in total. The van der Waals surface area contributed by atoms with Crippen molar-refractivity contribution in [3.63, 3.8) is 0 Å². The number of H-pyrrole nitrogens is 2. The van der Waals surface area contributed by atoms with Gasteiger partial charge in [-0.2, -0.15) is 0 Å². The lowest BCUT2D eigenvalue weighted by Gasteiger charge is -2.21. The maximum atomic E-state index is 11.4. The summed E-state index contributed by atoms with van der Waals surface area (Å²) in [5.74, 6) is 0.740. The quantitative estimate of drug-likeness (QED) is 0.737. The Labute approximate surface area is 139 Å². The largest absolute Gasteiger partial charge is 0.492 e. The molecule has 0 aliphatic heterocycles. The van der Waals surface area contributed by atoms with Crippen molar-refractivity contribution >= 4 is 22.6 Å². The van der Waals surface area contributed by atoms with E-state index in [4.69, 9.17) is 16.3 Å². The van der Waals surface area contributed by atoms with E-state index in [1.807, 2.05) is 36.4 Å². The zero-order valence-corrected chi connectivity index (χ0v) is 14.1. The van der Waals surface area contributed by atoms with Crippen LogP contribution in [0.2, 0.25) is 5.02 Å². The lowest BCUT2D eigenvalue weighted by Crippen LogP contribution is -2.17. The van der Waals surface area contributed by atoms with Crippen molar-refractivity contribution in [2.45, 2.75) is 20.8 Å². The van der Waals surface area contributed by atoms with Crippen LogP contribution in [-0.4, -0.2) is 16.6 Å². The number of ether oxygens (including phenoxy) is 1. The van der Waals surface area contributed by atoms with Gasteiger partial charge in [-0.1, -0.05) is 44.5 Å². The Morgan fingerprint density at radius 1 is 1.09 bits per heavy atom. The van der Waals surface area contributed by atoms with Crippen LogP contribution in [0.5, 0.6) is 5.75 Å². The first-order chi connectivity index (χ1) is 10.8. The Morgan fingerprint density at radius 3 is 2.57 bits per heavy atom. The zero-order valence-electron chi connectivity index (χ0n) is 13.4. The summed E-state index contributed by atoms with van der Waals surface area (Å²) in [4.78, 5) is 16.9. The molecule has 2 aromatic carbocycles. The molecule has 0 saturated carbocycles. The SMILES string of the molecule is CC(C)(C)COc1cccc(Cl)c1-c1ccc2[nH]c(=O)[nH]c2c1. The van der Waals surface area contributed by atoms with Gasteiger partial charge in [0.15, 0.2) is 0 Å². The summed E-state index contributed by atoms with van der Waals surface area (Å²) in [5.41, 5.74) is 3.08. The fourth-order valence-electron chi connectivity index (χ4n) is 2.39. The Hall–Kier alpha value is -2.20. The maximum absolute atomic E-state index is 11.4. The number of hydrogen-bond donors (Lipinski definition) is 2. The first-order valence-electron chi connectivity index (χ1n) is 7.47. The van der Waals surface area contributed by atoms with Gasteiger partial charge in [-0.05, 0) is 35.2 Å². The number of hydrogen-bond acceptors (Lipinski definition) is 2. The highest BCUT2D eigenvalue weighted by atomic mass is 35.5. The zero-order chi connectivity index (χ0) is 16.6. The predicted octanol–water partition coefficient (Wildman–Crippen LogP) is 4.60. The highest BCUT2D eigenvalue weighted by Crippen LogP contribution is 2.37. The molecular weight excluding hydrogens is 312 g/mol. The lowest BCUT2D eigenvalue weighted by molar-refractivity contribution is 0.198. The van der Waals surface area contributed by atoms with Gasteiger partial charge in [0.1, 0.15) is 5.75 Å². The number of rotatable bonds is 3. The van der Waals surface area contributed by atoms with Crippen molar-refractivity contribution < 1.29 is 4.74 Å². The fourth-order valence-corrected chi connectivity index (χ4v) is 2.66. The van der Waals surface area contributed by atoms with Gasteiger partial charge in [-0.3, -0.25) is 0 Å². The Balaban J connectivity index is 2.07. The van der Waals surface area contributed by atoms with Gasteiger partial charge in [0, 0.05) is 5.56 Å². The van der Waals surface area contributed by atoms with Crippen LogP contribution in [-0.2, 0) is 0 Å². The molecule has 120 valence electrons. The molecule has 0 aliphatic rings. The molecule has 2 N–H and O–H groups in total. The van der Waals surface area contributed by atoms with Crippen LogP contribution in [0.1, 0.15) is 20.8 Å². The third-order valence-electron chi connectivity index (χ3n) is 3.44. The number of aromatic amines is 2. The van der Waals surface area contributed by atoms with Crippen molar-refractivity contribution in [3.05, 3.63) is 51.9 Å². The van der Waals surface area contributed by atoms with Crippen molar-refractivity contribution in [2.24, 2.45) is 5.41 Å². The monoisotopic (exact) mass is 330 g/mol. The van der Waals surface area contributed by atoms with E-state index < -0.39 is 0 Å². The van der Waals surface area contributed by atoms with Gasteiger partial charge in [0.25, 0.3) is 0 Å². The van der Waals surface area contributed by atoms with Crippen LogP contribution >= 0.6 is 11.6 Å². The molecule has 23 heavy (non-hydrogen) atoms. The molecule has 0 spiro atoms. The fraction of sp³-hybridized carbons (Fsp3) is 0.278.